The molecule has 0 saturated carbocycles. The van der Waals surface area contributed by atoms with E-state index in [9.17, 15) is 9.90 Å². The van der Waals surface area contributed by atoms with Gasteiger partial charge in [0.25, 0.3) is 6.09 Å². The summed E-state index contributed by atoms with van der Waals surface area (Å²) >= 11 is 0. The number of hydrogen-bond donors (Lipinski definition) is 0. The van der Waals surface area contributed by atoms with Crippen molar-refractivity contribution in [1.29, 1.82) is 0 Å². The third-order valence-electron chi connectivity index (χ3n) is 2.20. The van der Waals surface area contributed by atoms with Crippen molar-refractivity contribution >= 4 is 6.09 Å². The Labute approximate surface area is 61.9 Å². The number of carbonyl (C=O) groups excluding carboxylic acids is 1. The Hall–Kier alpha value is -0.570. The number of carbonyl (C=O) groups is 1. The molecule has 0 atom stereocenters. The SMILES string of the molecule is CC[N+](CC)(CC)C(=O)[O-]. The highest BCUT2D eigenvalue weighted by atomic mass is 16.4. The topological polar surface area (TPSA) is 40.1 Å². The lowest BCUT2D eigenvalue weighted by Gasteiger charge is -2.34. The minimum absolute atomic E-state index is 0.0694. The molecule has 0 rings (SSSR count). The first-order valence-electron chi connectivity index (χ1n) is 3.70. The molecule has 0 unspecified atom stereocenters. The minimum Gasteiger partial charge on any atom is -0.498 e. The Morgan fingerprint density at radius 1 is 1.20 bits per heavy atom. The Morgan fingerprint density at radius 2 is 1.50 bits per heavy atom. The standard InChI is InChI=1S/C7H15NO2/c1-4-8(5-2,6-3)7(9)10/h4-6H2,1-3H3. The maximum absolute atomic E-state index is 10.6. The number of nitrogens with zero attached hydrogens (tertiary/aromatic N) is 1. The zero-order chi connectivity index (χ0) is 8.20. The van der Waals surface area contributed by atoms with Crippen molar-refractivity contribution in [3.05, 3.63) is 0 Å². The summed E-state index contributed by atoms with van der Waals surface area (Å²) in [4.78, 5) is 10.6. The smallest absolute Gasteiger partial charge is 0.257 e. The maximum Gasteiger partial charge on any atom is 0.257 e. The summed E-state index contributed by atoms with van der Waals surface area (Å²) in [6.07, 6.45) is -0.965. The largest absolute Gasteiger partial charge is 0.498 e. The van der Waals surface area contributed by atoms with Gasteiger partial charge in [-0.1, -0.05) is 0 Å². The molecule has 0 aliphatic heterocycles. The van der Waals surface area contributed by atoms with Crippen LogP contribution in [0, 0.1) is 0 Å². The summed E-state index contributed by atoms with van der Waals surface area (Å²) in [7, 11) is 0. The van der Waals surface area contributed by atoms with Gasteiger partial charge in [-0.3, -0.25) is 4.48 Å². The van der Waals surface area contributed by atoms with Crippen LogP contribution in [0.5, 0.6) is 0 Å². The molecule has 0 spiro atoms. The fourth-order valence-corrected chi connectivity index (χ4v) is 1.06. The summed E-state index contributed by atoms with van der Waals surface area (Å²) in [5, 5.41) is 10.6. The quantitative estimate of drug-likeness (QED) is 0.532. The zero-order valence-corrected chi connectivity index (χ0v) is 6.89. The molecule has 0 heterocycles. The fourth-order valence-electron chi connectivity index (χ4n) is 1.06. The summed E-state index contributed by atoms with van der Waals surface area (Å²) in [6, 6.07) is 0. The first-order chi connectivity index (χ1) is 4.63. The van der Waals surface area contributed by atoms with Crippen molar-refractivity contribution in [2.24, 2.45) is 0 Å². The Balaban J connectivity index is 4.31. The maximum atomic E-state index is 10.6. The zero-order valence-electron chi connectivity index (χ0n) is 6.89. The van der Waals surface area contributed by atoms with E-state index < -0.39 is 6.09 Å². The van der Waals surface area contributed by atoms with Gasteiger partial charge in [0.2, 0.25) is 0 Å². The summed E-state index contributed by atoms with van der Waals surface area (Å²) < 4.78 is 0.0694. The van der Waals surface area contributed by atoms with Crippen molar-refractivity contribution in [3.8, 4) is 0 Å². The molecule has 0 aromatic rings. The lowest BCUT2D eigenvalue weighted by molar-refractivity contribution is -0.871. The fraction of sp³-hybridized carbons (Fsp3) is 0.857. The second kappa shape index (κ2) is 3.56. The summed E-state index contributed by atoms with van der Waals surface area (Å²) in [5.41, 5.74) is 0. The Morgan fingerprint density at radius 3 is 1.50 bits per heavy atom. The molecular formula is C7H15NO2. The summed E-state index contributed by atoms with van der Waals surface area (Å²) in [6.45, 7) is 7.41. The molecule has 0 saturated heterocycles. The third-order valence-corrected chi connectivity index (χ3v) is 2.20. The first-order valence-corrected chi connectivity index (χ1v) is 3.70. The first kappa shape index (κ1) is 9.43. The van der Waals surface area contributed by atoms with Gasteiger partial charge in [0.15, 0.2) is 0 Å². The van der Waals surface area contributed by atoms with Crippen LogP contribution in [0.25, 0.3) is 0 Å². The average molecular weight is 145 g/mol. The lowest BCUT2D eigenvalue weighted by Crippen LogP contribution is -2.58. The highest BCUT2D eigenvalue weighted by molar-refractivity contribution is 5.53. The molecule has 3 nitrogen and oxygen atoms in total. The van der Waals surface area contributed by atoms with Crippen LogP contribution in [0.4, 0.5) is 4.79 Å². The molecule has 3 heteroatoms. The Bertz CT molecular complexity index is 111. The lowest BCUT2D eigenvalue weighted by atomic mass is 10.4. The highest BCUT2D eigenvalue weighted by Gasteiger charge is 2.22. The number of hydrogen-bond acceptors (Lipinski definition) is 2. The normalized spacial score (nSPS) is 11.5. The van der Waals surface area contributed by atoms with Gasteiger partial charge in [-0.25, -0.2) is 0 Å². The van der Waals surface area contributed by atoms with E-state index in [4.69, 9.17) is 0 Å². The van der Waals surface area contributed by atoms with Crippen LogP contribution >= 0.6 is 0 Å². The molecule has 0 bridgehead atoms. The predicted molar refractivity (Wildman–Crippen MR) is 37.3 cm³/mol. The van der Waals surface area contributed by atoms with Crippen LogP contribution in [0.3, 0.4) is 0 Å². The second-order valence-electron chi connectivity index (χ2n) is 2.36. The van der Waals surface area contributed by atoms with E-state index in [2.05, 4.69) is 0 Å². The van der Waals surface area contributed by atoms with Crippen molar-refractivity contribution in [2.45, 2.75) is 20.8 Å². The molecule has 0 N–H and O–H groups in total. The molecule has 10 heavy (non-hydrogen) atoms. The van der Waals surface area contributed by atoms with Crippen LogP contribution in [-0.2, 0) is 0 Å². The molecule has 0 radical (unpaired) electrons. The monoisotopic (exact) mass is 145 g/mol. The van der Waals surface area contributed by atoms with Gasteiger partial charge >= 0.3 is 0 Å². The molecule has 0 aromatic carbocycles. The predicted octanol–water partition coefficient (Wildman–Crippen LogP) is 0.206. The minimum atomic E-state index is -0.965. The van der Waals surface area contributed by atoms with Crippen LogP contribution < -0.4 is 5.11 Å². The van der Waals surface area contributed by atoms with Crippen molar-refractivity contribution in [1.82, 2.24) is 0 Å². The van der Waals surface area contributed by atoms with Crippen LogP contribution in [0.1, 0.15) is 20.8 Å². The van der Waals surface area contributed by atoms with Gasteiger partial charge in [-0.15, -0.1) is 0 Å². The van der Waals surface area contributed by atoms with E-state index in [0.29, 0.717) is 19.6 Å². The molecule has 0 aliphatic carbocycles. The molecule has 1 amide bonds. The number of carboxylic acid groups (broad SMARTS) is 1. The van der Waals surface area contributed by atoms with E-state index >= 15 is 0 Å². The van der Waals surface area contributed by atoms with E-state index in [0.717, 1.165) is 0 Å². The van der Waals surface area contributed by atoms with Crippen molar-refractivity contribution in [3.63, 3.8) is 0 Å². The van der Waals surface area contributed by atoms with E-state index in [-0.39, 0.29) is 4.48 Å². The van der Waals surface area contributed by atoms with Crippen molar-refractivity contribution in [2.75, 3.05) is 19.6 Å². The number of rotatable bonds is 3. The number of amides is 1. The van der Waals surface area contributed by atoms with E-state index in [1.54, 1.807) is 0 Å². The average Bonchev–Trinajstić information content (AvgIpc) is 1.92. The molecular weight excluding hydrogens is 130 g/mol. The molecule has 0 aliphatic rings. The second-order valence-corrected chi connectivity index (χ2v) is 2.36. The van der Waals surface area contributed by atoms with Gasteiger partial charge in [-0.2, -0.15) is 0 Å². The van der Waals surface area contributed by atoms with E-state index in [1.165, 1.54) is 0 Å². The van der Waals surface area contributed by atoms with Gasteiger partial charge in [-0.05, 0) is 20.8 Å². The number of quaternary nitrogens is 1. The van der Waals surface area contributed by atoms with E-state index in [1.807, 2.05) is 20.8 Å². The molecule has 0 aromatic heterocycles. The van der Waals surface area contributed by atoms with Gasteiger partial charge in [0, 0.05) is 0 Å². The van der Waals surface area contributed by atoms with Crippen LogP contribution in [0.15, 0.2) is 0 Å². The highest BCUT2D eigenvalue weighted by Crippen LogP contribution is 2.03. The third kappa shape index (κ3) is 1.48. The van der Waals surface area contributed by atoms with Gasteiger partial charge in [0.05, 0.1) is 19.6 Å². The Kier molecular flexibility index (Phi) is 3.36. The van der Waals surface area contributed by atoms with Gasteiger partial charge in [0.1, 0.15) is 0 Å². The molecule has 60 valence electrons. The summed E-state index contributed by atoms with van der Waals surface area (Å²) in [5.74, 6) is 0. The van der Waals surface area contributed by atoms with Crippen LogP contribution in [-0.4, -0.2) is 30.2 Å². The van der Waals surface area contributed by atoms with Crippen LogP contribution in [0.2, 0.25) is 0 Å². The van der Waals surface area contributed by atoms with Gasteiger partial charge < -0.3 is 9.90 Å². The van der Waals surface area contributed by atoms with Crippen molar-refractivity contribution < 1.29 is 14.4 Å². The molecule has 0 fully saturated rings.